The number of hydrogen-bond acceptors (Lipinski definition) is 5. The van der Waals surface area contributed by atoms with Crippen molar-refractivity contribution in [1.29, 1.82) is 0 Å². The Kier molecular flexibility index (Phi) is 4.27. The SMILES string of the molecule is Cc1ccc(NC[C@@H]2C(=O)c3c(n(C)c(=O)n(C)c3=O)N(C)C2=O)cc1. The van der Waals surface area contributed by atoms with Gasteiger partial charge < -0.3 is 5.32 Å². The minimum Gasteiger partial charge on any atom is -0.384 e. The number of carbonyl (C=O) groups is 2. The van der Waals surface area contributed by atoms with Crippen LogP contribution in [-0.2, 0) is 18.9 Å². The summed E-state index contributed by atoms with van der Waals surface area (Å²) in [5, 5.41) is 3.07. The normalized spacial score (nSPS) is 16.6. The summed E-state index contributed by atoms with van der Waals surface area (Å²) in [5.41, 5.74) is 0.467. The molecule has 0 radical (unpaired) electrons. The van der Waals surface area contributed by atoms with Crippen molar-refractivity contribution < 1.29 is 9.59 Å². The maximum Gasteiger partial charge on any atom is 0.332 e. The molecule has 1 atom stereocenters. The Hall–Kier alpha value is -3.16. The van der Waals surface area contributed by atoms with Gasteiger partial charge in [-0.1, -0.05) is 17.7 Å². The van der Waals surface area contributed by atoms with E-state index in [0.717, 1.165) is 20.4 Å². The van der Waals surface area contributed by atoms with Crippen LogP contribution in [0, 0.1) is 12.8 Å². The number of amides is 1. The molecule has 2 aromatic rings. The monoisotopic (exact) mass is 356 g/mol. The minimum atomic E-state index is -1.03. The summed E-state index contributed by atoms with van der Waals surface area (Å²) in [6.45, 7) is 2.03. The molecular weight excluding hydrogens is 336 g/mol. The van der Waals surface area contributed by atoms with Gasteiger partial charge in [0.15, 0.2) is 5.78 Å². The molecule has 0 fully saturated rings. The molecule has 1 aromatic heterocycles. The minimum absolute atomic E-state index is 0.0414. The van der Waals surface area contributed by atoms with E-state index < -0.39 is 28.9 Å². The van der Waals surface area contributed by atoms with Crippen LogP contribution < -0.4 is 21.5 Å². The number of aromatic nitrogens is 2. The maximum absolute atomic E-state index is 12.9. The van der Waals surface area contributed by atoms with Crippen molar-refractivity contribution in [2.75, 3.05) is 23.8 Å². The molecule has 0 saturated carbocycles. The molecule has 1 aromatic carbocycles. The summed E-state index contributed by atoms with van der Waals surface area (Å²) in [7, 11) is 4.21. The fraction of sp³-hybridized carbons (Fsp3) is 0.333. The molecule has 0 unspecified atom stereocenters. The molecule has 1 amide bonds. The molecule has 26 heavy (non-hydrogen) atoms. The van der Waals surface area contributed by atoms with Crippen LogP contribution in [0.4, 0.5) is 11.5 Å². The average Bonchev–Trinajstić information content (AvgIpc) is 2.62. The number of fused-ring (bicyclic) bond motifs is 1. The van der Waals surface area contributed by atoms with E-state index in [2.05, 4.69) is 5.32 Å². The van der Waals surface area contributed by atoms with Gasteiger partial charge in [0.25, 0.3) is 5.56 Å². The number of hydrogen-bond donors (Lipinski definition) is 1. The number of benzene rings is 1. The summed E-state index contributed by atoms with van der Waals surface area (Å²) in [6, 6.07) is 7.54. The second-order valence-electron chi connectivity index (χ2n) is 6.47. The number of Topliss-reactive ketones (excluding diaryl/α,β-unsaturated/α-hetero) is 1. The molecule has 136 valence electrons. The van der Waals surface area contributed by atoms with Gasteiger partial charge in [0, 0.05) is 33.4 Å². The van der Waals surface area contributed by atoms with Crippen molar-refractivity contribution in [3.8, 4) is 0 Å². The molecule has 1 aliphatic rings. The fourth-order valence-corrected chi connectivity index (χ4v) is 3.14. The van der Waals surface area contributed by atoms with Gasteiger partial charge in [-0.3, -0.25) is 28.4 Å². The van der Waals surface area contributed by atoms with Crippen molar-refractivity contribution in [3.05, 3.63) is 56.2 Å². The lowest BCUT2D eigenvalue weighted by Gasteiger charge is -2.31. The number of nitrogens with one attached hydrogen (secondary N) is 1. The number of nitrogens with zero attached hydrogens (tertiary/aromatic N) is 3. The second-order valence-corrected chi connectivity index (χ2v) is 6.47. The predicted molar refractivity (Wildman–Crippen MR) is 97.8 cm³/mol. The van der Waals surface area contributed by atoms with Crippen molar-refractivity contribution in [2.24, 2.45) is 20.0 Å². The first-order valence-corrected chi connectivity index (χ1v) is 8.16. The number of carbonyl (C=O) groups excluding carboxylic acids is 2. The molecule has 8 nitrogen and oxygen atoms in total. The second kappa shape index (κ2) is 6.29. The number of anilines is 2. The van der Waals surface area contributed by atoms with Crippen LogP contribution >= 0.6 is 0 Å². The third-order valence-electron chi connectivity index (χ3n) is 4.70. The summed E-state index contributed by atoms with van der Waals surface area (Å²) in [4.78, 5) is 51.3. The van der Waals surface area contributed by atoms with Crippen LogP contribution in [0.2, 0.25) is 0 Å². The summed E-state index contributed by atoms with van der Waals surface area (Å²) in [5.74, 6) is -2.01. The summed E-state index contributed by atoms with van der Waals surface area (Å²) in [6.07, 6.45) is 0. The van der Waals surface area contributed by atoms with Gasteiger partial charge in [0.1, 0.15) is 17.3 Å². The van der Waals surface area contributed by atoms with Gasteiger partial charge in [-0.05, 0) is 19.1 Å². The average molecular weight is 356 g/mol. The zero-order chi connectivity index (χ0) is 19.2. The Bertz CT molecular complexity index is 1020. The van der Waals surface area contributed by atoms with Crippen LogP contribution in [0.15, 0.2) is 33.9 Å². The van der Waals surface area contributed by atoms with Gasteiger partial charge in [-0.25, -0.2) is 4.79 Å². The van der Waals surface area contributed by atoms with E-state index in [1.807, 2.05) is 31.2 Å². The fourth-order valence-electron chi connectivity index (χ4n) is 3.14. The number of ketones is 1. The van der Waals surface area contributed by atoms with Crippen molar-refractivity contribution in [2.45, 2.75) is 6.92 Å². The van der Waals surface area contributed by atoms with Crippen LogP contribution in [0.5, 0.6) is 0 Å². The van der Waals surface area contributed by atoms with Gasteiger partial charge in [0.05, 0.1) is 0 Å². The standard InChI is InChI=1S/C18H20N4O4/c1-10-5-7-11(8-6-10)19-9-12-14(23)13-15(20(2)16(12)24)21(3)18(26)22(4)17(13)25/h5-8,12,19H,9H2,1-4H3/t12-/m1/s1. The van der Waals surface area contributed by atoms with Crippen LogP contribution in [-0.4, -0.2) is 34.4 Å². The zero-order valence-corrected chi connectivity index (χ0v) is 15.1. The molecule has 1 aliphatic heterocycles. The van der Waals surface area contributed by atoms with E-state index in [-0.39, 0.29) is 17.9 Å². The van der Waals surface area contributed by atoms with E-state index >= 15 is 0 Å². The van der Waals surface area contributed by atoms with Crippen LogP contribution in [0.25, 0.3) is 0 Å². The highest BCUT2D eigenvalue weighted by atomic mass is 16.2. The maximum atomic E-state index is 12.9. The highest BCUT2D eigenvalue weighted by Crippen LogP contribution is 2.26. The van der Waals surface area contributed by atoms with Crippen molar-refractivity contribution in [3.63, 3.8) is 0 Å². The largest absolute Gasteiger partial charge is 0.384 e. The third kappa shape index (κ3) is 2.63. The third-order valence-corrected chi connectivity index (χ3v) is 4.70. The quantitative estimate of drug-likeness (QED) is 0.798. The first kappa shape index (κ1) is 17.7. The molecule has 2 heterocycles. The van der Waals surface area contributed by atoms with E-state index in [1.165, 1.54) is 26.0 Å². The molecule has 3 rings (SSSR count). The molecule has 0 aliphatic carbocycles. The van der Waals surface area contributed by atoms with Crippen molar-refractivity contribution in [1.82, 2.24) is 9.13 Å². The number of aryl methyl sites for hydroxylation is 1. The number of rotatable bonds is 3. The van der Waals surface area contributed by atoms with Gasteiger partial charge in [-0.2, -0.15) is 0 Å². The molecule has 0 spiro atoms. The molecule has 0 saturated heterocycles. The van der Waals surface area contributed by atoms with Crippen LogP contribution in [0.3, 0.4) is 0 Å². The van der Waals surface area contributed by atoms with Gasteiger partial charge in [-0.15, -0.1) is 0 Å². The lowest BCUT2D eigenvalue weighted by Crippen LogP contribution is -2.53. The predicted octanol–water partition coefficient (Wildman–Crippen LogP) is 0.280. The molecule has 1 N–H and O–H groups in total. The lowest BCUT2D eigenvalue weighted by molar-refractivity contribution is -0.120. The lowest BCUT2D eigenvalue weighted by atomic mass is 9.92. The molecule has 0 bridgehead atoms. The topological polar surface area (TPSA) is 93.4 Å². The van der Waals surface area contributed by atoms with Crippen LogP contribution in [0.1, 0.15) is 15.9 Å². The first-order valence-electron chi connectivity index (χ1n) is 8.16. The summed E-state index contributed by atoms with van der Waals surface area (Å²) >= 11 is 0. The zero-order valence-electron chi connectivity index (χ0n) is 15.1. The summed E-state index contributed by atoms with van der Waals surface area (Å²) < 4.78 is 2.03. The highest BCUT2D eigenvalue weighted by Gasteiger charge is 2.41. The van der Waals surface area contributed by atoms with E-state index in [1.54, 1.807) is 0 Å². The Morgan fingerprint density at radius 1 is 0.962 bits per heavy atom. The Balaban J connectivity index is 2.00. The smallest absolute Gasteiger partial charge is 0.332 e. The van der Waals surface area contributed by atoms with Crippen molar-refractivity contribution >= 4 is 23.2 Å². The molecule has 8 heteroatoms. The van der Waals surface area contributed by atoms with E-state index in [0.29, 0.717) is 0 Å². The van der Waals surface area contributed by atoms with E-state index in [9.17, 15) is 19.2 Å². The van der Waals surface area contributed by atoms with E-state index in [4.69, 9.17) is 0 Å². The first-order chi connectivity index (χ1) is 12.2. The van der Waals surface area contributed by atoms with Gasteiger partial charge >= 0.3 is 5.69 Å². The molecular formula is C18H20N4O4. The Morgan fingerprint density at radius 2 is 1.58 bits per heavy atom. The Labute approximate surface area is 149 Å². The Morgan fingerprint density at radius 3 is 2.19 bits per heavy atom. The highest BCUT2D eigenvalue weighted by molar-refractivity contribution is 6.21. The van der Waals surface area contributed by atoms with Gasteiger partial charge in [0.2, 0.25) is 5.91 Å².